The summed E-state index contributed by atoms with van der Waals surface area (Å²) in [6.45, 7) is 3.11. The van der Waals surface area contributed by atoms with Gasteiger partial charge in [-0.05, 0) is 72.2 Å². The molecule has 2 aliphatic heterocycles. The van der Waals surface area contributed by atoms with Gasteiger partial charge in [0, 0.05) is 61.7 Å². The van der Waals surface area contributed by atoms with Gasteiger partial charge in [-0.25, -0.2) is 4.72 Å². The molecule has 10 nitrogen and oxygen atoms in total. The SMILES string of the molecule is CN(C)S(=O)(=O)NC(=O)c1ccc2c(C3CCCCC3)c3n(c2c1)CC1(C(=O)N2CCOCC2)CC1c1cc(OCc2ccccc2)ccc1-3. The Bertz CT molecular complexity index is 2060. The van der Waals surface area contributed by atoms with E-state index in [0.717, 1.165) is 75.4 Å². The topological polar surface area (TPSA) is 110 Å². The molecule has 3 fully saturated rings. The van der Waals surface area contributed by atoms with Crippen molar-refractivity contribution in [2.75, 3.05) is 40.4 Å². The van der Waals surface area contributed by atoms with Crippen LogP contribution in [0.25, 0.3) is 22.2 Å². The molecule has 0 spiro atoms. The van der Waals surface area contributed by atoms with Crippen molar-refractivity contribution < 1.29 is 27.5 Å². The second-order valence-corrected chi connectivity index (χ2v) is 16.4. The van der Waals surface area contributed by atoms with Gasteiger partial charge in [-0.2, -0.15) is 12.7 Å². The van der Waals surface area contributed by atoms with E-state index in [-0.39, 0.29) is 17.4 Å². The van der Waals surface area contributed by atoms with Gasteiger partial charge in [0.15, 0.2) is 0 Å². The molecule has 2 amide bonds. The number of aromatic nitrogens is 1. The Kier molecular flexibility index (Phi) is 8.48. The van der Waals surface area contributed by atoms with Crippen LogP contribution in [0, 0.1) is 5.41 Å². The lowest BCUT2D eigenvalue weighted by molar-refractivity contribution is -0.141. The minimum absolute atomic E-state index is 0.0130. The smallest absolute Gasteiger partial charge is 0.303 e. The van der Waals surface area contributed by atoms with Gasteiger partial charge in [0.1, 0.15) is 12.4 Å². The molecule has 1 N–H and O–H groups in total. The summed E-state index contributed by atoms with van der Waals surface area (Å²) >= 11 is 0. The first kappa shape index (κ1) is 33.0. The summed E-state index contributed by atoms with van der Waals surface area (Å²) in [5, 5.41) is 1.06. The van der Waals surface area contributed by atoms with Crippen molar-refractivity contribution in [2.24, 2.45) is 5.41 Å². The predicted octanol–water partition coefficient (Wildman–Crippen LogP) is 5.82. The van der Waals surface area contributed by atoms with Gasteiger partial charge < -0.3 is 18.9 Å². The van der Waals surface area contributed by atoms with Crippen LogP contribution in [0.5, 0.6) is 5.75 Å². The van der Waals surface area contributed by atoms with Crippen molar-refractivity contribution >= 4 is 32.9 Å². The number of carbonyl (C=O) groups is 2. The van der Waals surface area contributed by atoms with Crippen LogP contribution in [0.15, 0.2) is 66.7 Å². The van der Waals surface area contributed by atoms with Crippen LogP contribution < -0.4 is 9.46 Å². The Morgan fingerprint density at radius 1 is 0.980 bits per heavy atom. The van der Waals surface area contributed by atoms with Crippen LogP contribution in [0.4, 0.5) is 0 Å². The fourth-order valence-electron chi connectivity index (χ4n) is 8.47. The van der Waals surface area contributed by atoms with Crippen LogP contribution in [0.3, 0.4) is 0 Å². The molecule has 262 valence electrons. The molecule has 4 aliphatic rings. The molecule has 4 aromatic rings. The second-order valence-electron chi connectivity index (χ2n) is 14.5. The Morgan fingerprint density at radius 2 is 1.74 bits per heavy atom. The first-order chi connectivity index (χ1) is 24.2. The highest BCUT2D eigenvalue weighted by Crippen LogP contribution is 2.66. The fraction of sp³-hybridized carbons (Fsp3) is 0.436. The molecule has 8 rings (SSSR count). The van der Waals surface area contributed by atoms with Crippen LogP contribution >= 0.6 is 0 Å². The van der Waals surface area contributed by atoms with E-state index in [0.29, 0.717) is 45.4 Å². The summed E-state index contributed by atoms with van der Waals surface area (Å²) in [5.74, 6) is 0.578. The van der Waals surface area contributed by atoms with Crippen molar-refractivity contribution in [1.29, 1.82) is 0 Å². The number of nitrogens with one attached hydrogen (secondary N) is 1. The minimum atomic E-state index is -3.98. The van der Waals surface area contributed by atoms with Gasteiger partial charge >= 0.3 is 10.2 Å². The van der Waals surface area contributed by atoms with E-state index < -0.39 is 21.5 Å². The molecule has 2 unspecified atom stereocenters. The summed E-state index contributed by atoms with van der Waals surface area (Å²) < 4.78 is 42.6. The number of hydrogen-bond acceptors (Lipinski definition) is 6. The lowest BCUT2D eigenvalue weighted by Crippen LogP contribution is -2.45. The highest BCUT2D eigenvalue weighted by Gasteiger charge is 2.64. The maximum absolute atomic E-state index is 14.6. The van der Waals surface area contributed by atoms with E-state index in [2.05, 4.69) is 33.6 Å². The number of hydrogen-bond donors (Lipinski definition) is 1. The van der Waals surface area contributed by atoms with Gasteiger partial charge in [0.25, 0.3) is 5.91 Å². The fourth-order valence-corrected chi connectivity index (χ4v) is 9.01. The first-order valence-electron chi connectivity index (χ1n) is 17.8. The zero-order chi connectivity index (χ0) is 34.6. The number of nitrogens with zero attached hydrogens (tertiary/aromatic N) is 3. The largest absolute Gasteiger partial charge is 0.489 e. The van der Waals surface area contributed by atoms with Crippen molar-refractivity contribution in [1.82, 2.24) is 18.5 Å². The molecule has 50 heavy (non-hydrogen) atoms. The number of fused-ring (bicyclic) bond motifs is 7. The third-order valence-electron chi connectivity index (χ3n) is 11.2. The van der Waals surface area contributed by atoms with Gasteiger partial charge in [0.05, 0.1) is 24.3 Å². The molecular formula is C39H44N4O6S. The van der Waals surface area contributed by atoms with E-state index in [4.69, 9.17) is 9.47 Å². The summed E-state index contributed by atoms with van der Waals surface area (Å²) in [6.07, 6.45) is 6.39. The molecule has 0 bridgehead atoms. The van der Waals surface area contributed by atoms with Crippen molar-refractivity contribution in [2.45, 2.75) is 63.5 Å². The summed E-state index contributed by atoms with van der Waals surface area (Å²) in [4.78, 5) is 30.0. The highest BCUT2D eigenvalue weighted by molar-refractivity contribution is 7.87. The summed E-state index contributed by atoms with van der Waals surface area (Å²) in [5.41, 5.74) is 6.15. The molecule has 1 aromatic heterocycles. The molecule has 2 aliphatic carbocycles. The lowest BCUT2D eigenvalue weighted by Gasteiger charge is -2.31. The molecular weight excluding hydrogens is 653 g/mol. The number of ether oxygens (including phenoxy) is 2. The Balaban J connectivity index is 1.29. The Labute approximate surface area is 293 Å². The van der Waals surface area contributed by atoms with E-state index in [9.17, 15) is 18.0 Å². The van der Waals surface area contributed by atoms with E-state index in [1.165, 1.54) is 26.1 Å². The molecule has 3 heterocycles. The standard InChI is InChI=1S/C39H44N4O6S/c1-41(2)50(46,47)40-37(44)28-13-15-31-34(21-28)43-25-39(38(45)42-17-19-48-20-18-42)23-33(39)32-22-29(49-24-26-9-5-3-6-10-26)14-16-30(32)36(43)35(31)27-11-7-4-8-12-27/h3,5-6,9-10,13-16,21-22,27,33H,4,7-8,11-12,17-20,23-25H2,1-2H3,(H,40,44). The molecule has 2 atom stereocenters. The van der Waals surface area contributed by atoms with Crippen molar-refractivity contribution in [3.05, 3.63) is 89.0 Å². The van der Waals surface area contributed by atoms with Gasteiger partial charge in [0.2, 0.25) is 5.91 Å². The molecule has 11 heteroatoms. The number of carbonyl (C=O) groups excluding carboxylic acids is 2. The van der Waals surface area contributed by atoms with Crippen LogP contribution in [0.1, 0.15) is 77.4 Å². The van der Waals surface area contributed by atoms with Crippen LogP contribution in [-0.4, -0.2) is 74.4 Å². The zero-order valence-electron chi connectivity index (χ0n) is 28.7. The highest BCUT2D eigenvalue weighted by atomic mass is 32.2. The average Bonchev–Trinajstić information content (AvgIpc) is 3.81. The average molecular weight is 697 g/mol. The summed E-state index contributed by atoms with van der Waals surface area (Å²) in [7, 11) is -1.21. The Morgan fingerprint density at radius 3 is 2.48 bits per heavy atom. The maximum Gasteiger partial charge on any atom is 0.303 e. The van der Waals surface area contributed by atoms with E-state index in [1.54, 1.807) is 6.07 Å². The monoisotopic (exact) mass is 696 g/mol. The van der Waals surface area contributed by atoms with Crippen molar-refractivity contribution in [3.63, 3.8) is 0 Å². The third kappa shape index (κ3) is 5.78. The normalized spacial score (nSPS) is 22.0. The zero-order valence-corrected chi connectivity index (χ0v) is 29.5. The third-order valence-corrected chi connectivity index (χ3v) is 12.6. The van der Waals surface area contributed by atoms with Crippen LogP contribution in [0.2, 0.25) is 0 Å². The van der Waals surface area contributed by atoms with Crippen molar-refractivity contribution in [3.8, 4) is 17.0 Å². The molecule has 3 aromatic carbocycles. The second kappa shape index (κ2) is 12.9. The van der Waals surface area contributed by atoms with E-state index >= 15 is 0 Å². The quantitative estimate of drug-likeness (QED) is 0.249. The van der Waals surface area contributed by atoms with Gasteiger partial charge in [-0.3, -0.25) is 9.59 Å². The number of morpholine rings is 1. The van der Waals surface area contributed by atoms with Gasteiger partial charge in [-0.15, -0.1) is 0 Å². The minimum Gasteiger partial charge on any atom is -0.489 e. The molecule has 2 saturated carbocycles. The molecule has 0 radical (unpaired) electrons. The summed E-state index contributed by atoms with van der Waals surface area (Å²) in [6, 6.07) is 22.0. The van der Waals surface area contributed by atoms with E-state index in [1.807, 2.05) is 41.3 Å². The maximum atomic E-state index is 14.6. The van der Waals surface area contributed by atoms with Crippen LogP contribution in [-0.2, 0) is 32.9 Å². The first-order valence-corrected chi connectivity index (χ1v) is 19.2. The lowest BCUT2D eigenvalue weighted by atomic mass is 9.81. The van der Waals surface area contributed by atoms with Gasteiger partial charge in [-0.1, -0.05) is 55.7 Å². The Hall–Kier alpha value is -4.19. The molecule has 1 saturated heterocycles. The number of rotatable bonds is 8. The number of benzene rings is 3. The number of amides is 2. The predicted molar refractivity (Wildman–Crippen MR) is 191 cm³/mol.